The van der Waals surface area contributed by atoms with Gasteiger partial charge in [-0.05, 0) is 6.26 Å². The molecule has 0 bridgehead atoms. The molecule has 2 heterocycles. The minimum atomic E-state index is 0.362. The third kappa shape index (κ3) is 2.59. The average molecular weight is 253 g/mol. The van der Waals surface area contributed by atoms with Crippen LogP contribution in [0, 0.1) is 0 Å². The number of hydrogen-bond donors (Lipinski definition) is 4. The molecule has 2 aromatic rings. The highest BCUT2D eigenvalue weighted by Crippen LogP contribution is 2.20. The number of thioether (sulfide) groups is 1. The molecule has 92 valence electrons. The van der Waals surface area contributed by atoms with Crippen LogP contribution in [0.25, 0.3) is 11.0 Å². The molecular formula is C9H15N7S. The number of nitrogens with one attached hydrogen (secondary N) is 3. The molecule has 0 aliphatic heterocycles. The number of nitrogen functional groups attached to an aromatic ring is 1. The molecule has 0 saturated carbocycles. The molecule has 0 amide bonds. The van der Waals surface area contributed by atoms with Gasteiger partial charge in [0.15, 0.2) is 5.65 Å². The Morgan fingerprint density at radius 1 is 1.53 bits per heavy atom. The predicted molar refractivity (Wildman–Crippen MR) is 71.0 cm³/mol. The Kier molecular flexibility index (Phi) is 3.64. The summed E-state index contributed by atoms with van der Waals surface area (Å²) in [5, 5.41) is 11.4. The fourth-order valence-electron chi connectivity index (χ4n) is 1.36. The van der Waals surface area contributed by atoms with Gasteiger partial charge in [0.2, 0.25) is 5.95 Å². The lowest BCUT2D eigenvalue weighted by Crippen LogP contribution is -2.16. The standard InChI is InChI=1S/C9H15N7S/c1-5(17-2)3-11-7-6-4-12-16-8(6)14-9(13-7)15-10/h4-5H,3,10H2,1-2H3,(H3,11,12,13,14,15,16). The third-order valence-corrected chi connectivity index (χ3v) is 3.37. The molecule has 17 heavy (non-hydrogen) atoms. The van der Waals surface area contributed by atoms with E-state index in [0.29, 0.717) is 16.8 Å². The molecule has 5 N–H and O–H groups in total. The summed E-state index contributed by atoms with van der Waals surface area (Å²) >= 11 is 1.79. The van der Waals surface area contributed by atoms with E-state index in [1.807, 2.05) is 0 Å². The number of anilines is 2. The fourth-order valence-corrected chi connectivity index (χ4v) is 1.61. The zero-order valence-electron chi connectivity index (χ0n) is 9.69. The van der Waals surface area contributed by atoms with Gasteiger partial charge in [0, 0.05) is 11.8 Å². The molecular weight excluding hydrogens is 238 g/mol. The summed E-state index contributed by atoms with van der Waals surface area (Å²) in [5.74, 6) is 6.42. The molecule has 0 fully saturated rings. The molecule has 0 aromatic carbocycles. The van der Waals surface area contributed by atoms with Crippen molar-refractivity contribution in [2.45, 2.75) is 12.2 Å². The molecule has 0 radical (unpaired) electrons. The van der Waals surface area contributed by atoms with Gasteiger partial charge in [-0.25, -0.2) is 5.84 Å². The quantitative estimate of drug-likeness (QED) is 0.461. The van der Waals surface area contributed by atoms with Crippen molar-refractivity contribution < 1.29 is 0 Å². The first-order valence-corrected chi connectivity index (χ1v) is 6.47. The van der Waals surface area contributed by atoms with Gasteiger partial charge >= 0.3 is 0 Å². The lowest BCUT2D eigenvalue weighted by Gasteiger charge is -2.11. The first-order chi connectivity index (χ1) is 8.24. The molecule has 1 atom stereocenters. The highest BCUT2D eigenvalue weighted by Gasteiger charge is 2.09. The summed E-state index contributed by atoms with van der Waals surface area (Å²) in [6, 6.07) is 0. The van der Waals surface area contributed by atoms with E-state index in [0.717, 1.165) is 17.7 Å². The number of rotatable bonds is 5. The van der Waals surface area contributed by atoms with E-state index in [2.05, 4.69) is 44.1 Å². The maximum atomic E-state index is 5.32. The highest BCUT2D eigenvalue weighted by atomic mass is 32.2. The van der Waals surface area contributed by atoms with Crippen LogP contribution in [0.5, 0.6) is 0 Å². The summed E-state index contributed by atoms with van der Waals surface area (Å²) in [6.45, 7) is 2.97. The Balaban J connectivity index is 2.27. The van der Waals surface area contributed by atoms with E-state index in [-0.39, 0.29) is 0 Å². The Morgan fingerprint density at radius 2 is 2.35 bits per heavy atom. The number of nitrogens with two attached hydrogens (primary N) is 1. The van der Waals surface area contributed by atoms with Gasteiger partial charge in [0.1, 0.15) is 5.82 Å². The van der Waals surface area contributed by atoms with Gasteiger partial charge < -0.3 is 5.32 Å². The maximum Gasteiger partial charge on any atom is 0.241 e. The van der Waals surface area contributed by atoms with Gasteiger partial charge in [-0.3, -0.25) is 10.5 Å². The number of hydrazine groups is 1. The van der Waals surface area contributed by atoms with Crippen molar-refractivity contribution in [3.05, 3.63) is 6.20 Å². The van der Waals surface area contributed by atoms with Gasteiger partial charge in [0.05, 0.1) is 11.6 Å². The molecule has 0 spiro atoms. The van der Waals surface area contributed by atoms with E-state index in [9.17, 15) is 0 Å². The normalized spacial score (nSPS) is 12.6. The first-order valence-electron chi connectivity index (χ1n) is 5.19. The fraction of sp³-hybridized carbons (Fsp3) is 0.444. The van der Waals surface area contributed by atoms with Crippen LogP contribution < -0.4 is 16.6 Å². The number of hydrogen-bond acceptors (Lipinski definition) is 7. The van der Waals surface area contributed by atoms with Gasteiger partial charge in [-0.2, -0.15) is 26.8 Å². The number of fused-ring (bicyclic) bond motifs is 1. The van der Waals surface area contributed by atoms with Crippen LogP contribution in [0.4, 0.5) is 11.8 Å². The molecule has 1 unspecified atom stereocenters. The summed E-state index contributed by atoms with van der Waals surface area (Å²) in [7, 11) is 0. The van der Waals surface area contributed by atoms with Crippen LogP contribution in [0.3, 0.4) is 0 Å². The number of aromatic nitrogens is 4. The molecule has 2 aromatic heterocycles. The average Bonchev–Trinajstić information content (AvgIpc) is 2.83. The molecule has 8 heteroatoms. The van der Waals surface area contributed by atoms with Gasteiger partial charge in [0.25, 0.3) is 0 Å². The van der Waals surface area contributed by atoms with Crippen LogP contribution in [-0.4, -0.2) is 38.2 Å². The second-order valence-electron chi connectivity index (χ2n) is 3.60. The van der Waals surface area contributed by atoms with Gasteiger partial charge in [-0.1, -0.05) is 6.92 Å². The Morgan fingerprint density at radius 3 is 3.06 bits per heavy atom. The van der Waals surface area contributed by atoms with E-state index in [1.54, 1.807) is 18.0 Å². The summed E-state index contributed by atoms with van der Waals surface area (Å²) in [5.41, 5.74) is 3.10. The van der Waals surface area contributed by atoms with Crippen molar-refractivity contribution in [3.8, 4) is 0 Å². The van der Waals surface area contributed by atoms with Crippen molar-refractivity contribution in [1.29, 1.82) is 0 Å². The number of nitrogens with zero attached hydrogens (tertiary/aromatic N) is 3. The Hall–Kier alpha value is -1.54. The predicted octanol–water partition coefficient (Wildman–Crippen LogP) is 0.802. The van der Waals surface area contributed by atoms with Crippen molar-refractivity contribution >= 4 is 34.6 Å². The van der Waals surface area contributed by atoms with Crippen LogP contribution in [-0.2, 0) is 0 Å². The Labute approximate surface area is 103 Å². The zero-order chi connectivity index (χ0) is 12.3. The van der Waals surface area contributed by atoms with Crippen molar-refractivity contribution in [1.82, 2.24) is 20.2 Å². The maximum absolute atomic E-state index is 5.32. The minimum Gasteiger partial charge on any atom is -0.368 e. The smallest absolute Gasteiger partial charge is 0.241 e. The zero-order valence-corrected chi connectivity index (χ0v) is 10.5. The monoisotopic (exact) mass is 253 g/mol. The number of H-pyrrole nitrogens is 1. The third-order valence-electron chi connectivity index (χ3n) is 2.40. The Bertz CT molecular complexity index is 497. The van der Waals surface area contributed by atoms with Crippen molar-refractivity contribution in [2.75, 3.05) is 23.5 Å². The highest BCUT2D eigenvalue weighted by molar-refractivity contribution is 7.99. The van der Waals surface area contributed by atoms with E-state index in [4.69, 9.17) is 5.84 Å². The lowest BCUT2D eigenvalue weighted by molar-refractivity contribution is 0.990. The molecule has 0 aliphatic carbocycles. The first kappa shape index (κ1) is 11.9. The van der Waals surface area contributed by atoms with E-state index in [1.165, 1.54) is 0 Å². The van der Waals surface area contributed by atoms with Crippen molar-refractivity contribution in [3.63, 3.8) is 0 Å². The molecule has 0 aliphatic rings. The van der Waals surface area contributed by atoms with E-state index < -0.39 is 0 Å². The summed E-state index contributed by atoms with van der Waals surface area (Å²) < 4.78 is 0. The van der Waals surface area contributed by atoms with Crippen molar-refractivity contribution in [2.24, 2.45) is 5.84 Å². The van der Waals surface area contributed by atoms with Crippen LogP contribution in [0.2, 0.25) is 0 Å². The molecule has 2 rings (SSSR count). The minimum absolute atomic E-state index is 0.362. The van der Waals surface area contributed by atoms with Crippen LogP contribution in [0.1, 0.15) is 6.92 Å². The largest absolute Gasteiger partial charge is 0.368 e. The topological polar surface area (TPSA) is 105 Å². The molecule has 7 nitrogen and oxygen atoms in total. The second-order valence-corrected chi connectivity index (χ2v) is 4.88. The molecule has 0 saturated heterocycles. The van der Waals surface area contributed by atoms with Crippen LogP contribution >= 0.6 is 11.8 Å². The SMILES string of the molecule is CSC(C)CNc1nc(NN)nc2[nH]ncc12. The van der Waals surface area contributed by atoms with E-state index >= 15 is 0 Å². The summed E-state index contributed by atoms with van der Waals surface area (Å²) in [6.07, 6.45) is 3.77. The van der Waals surface area contributed by atoms with Crippen LogP contribution in [0.15, 0.2) is 6.20 Å². The van der Waals surface area contributed by atoms with Gasteiger partial charge in [-0.15, -0.1) is 0 Å². The number of aromatic amines is 1. The summed E-state index contributed by atoms with van der Waals surface area (Å²) in [4.78, 5) is 8.42. The lowest BCUT2D eigenvalue weighted by atomic mass is 10.3. The second kappa shape index (κ2) is 5.19.